The van der Waals surface area contributed by atoms with Crippen molar-refractivity contribution in [3.8, 4) is 11.5 Å². The number of halogens is 9. The number of rotatable bonds is 13. The lowest BCUT2D eigenvalue weighted by molar-refractivity contribution is -0.274. The number of benzene rings is 6. The maximum atomic E-state index is 13.2. The molecule has 6 aromatic carbocycles. The lowest BCUT2D eigenvalue weighted by Crippen LogP contribution is -2.70. The van der Waals surface area contributed by atoms with Gasteiger partial charge in [-0.2, -0.15) is 66.4 Å². The van der Waals surface area contributed by atoms with Crippen LogP contribution in [0.25, 0.3) is 43.6 Å². The van der Waals surface area contributed by atoms with Gasteiger partial charge in [-0.1, -0.05) is 35.1 Å². The third-order valence-electron chi connectivity index (χ3n) is 29.4. The van der Waals surface area contributed by atoms with Gasteiger partial charge in [-0.05, 0) is 339 Å². The highest BCUT2D eigenvalue weighted by molar-refractivity contribution is 8.07. The standard InChI is InChI=1S/C28H29F3N4OS.C20H21F3N2O4S.C19H23N3O.C19H22N2O2.C9H6F3NS.CH3N.CH4.S2.H2S/c1-3-27-15-35-9-7-17(27)13-24(35)25(36-27)21-6-8-32-23-5-4-19(14-22(21)23)33-26(37)34-20-11-16(2)10-18(12-20)28(29,30)31;1-2-19-11-25-8-6-12(19)9-17(25)18(28-19)14-5-7-24-16-4-3-13(10-15(14)16)29-30(26,27)20(21,22)23;1-2-19-11-22-8-6-12(19)9-17(22)18(23-19)14-5-7-21-16-4-3-13(20)10-15(14)16;1-2-19-11-21-8-6-12(19)9-17(21)18(23-19)14-5-7-20-16-4-3-13(22)10-15(14)16;1-6-2-7(9(10,11)12)4-8(3-6)13-5-14;1-2;;1-2;/h4-6,8,10-12,14,17,24-25H,3,7,9,13,15H2,1-2H3,(H2,33,34,37);3-5,7,10,12,17-18H,2,6,8-9,11H2,1H3;3-5,7,10,12,17-18H,2,6,8-9,11,20H2,1H3;3-5,7,10,12,17-18,22H,2,6,8-9,11H2,1H3;2-4H,1H3;2H,1H2;1H4;;1H2/t17?,24?,25-,27?;3*12?,17?,18-,19?;;;;;/m0000...../s1. The van der Waals surface area contributed by atoms with E-state index >= 15 is 0 Å². The molecule has 0 amide bonds. The largest absolute Gasteiger partial charge is 0.534 e. The number of nitrogen functional groups attached to an aromatic ring is 1. The monoisotopic (exact) mass is 1950 g/mol. The normalized spacial score (nSPS) is 29.9. The van der Waals surface area contributed by atoms with Crippen molar-refractivity contribution in [1.82, 2.24) is 39.5 Å². The molecule has 0 saturated carbocycles. The quantitative estimate of drug-likeness (QED) is 0.0180. The Hall–Kier alpha value is -8.69. The van der Waals surface area contributed by atoms with Gasteiger partial charge < -0.3 is 50.0 Å². The number of nitrogens with one attached hydrogen (secondary N) is 3. The summed E-state index contributed by atoms with van der Waals surface area (Å²) in [6.45, 7) is 23.3. The molecule has 16 bridgehead atoms. The number of nitrogens with zero attached hydrogens (tertiary/aromatic N) is 9. The first-order valence-electron chi connectivity index (χ1n) is 44.3. The van der Waals surface area contributed by atoms with E-state index in [1.165, 1.54) is 80.6 Å². The number of aryl methyl sites for hydroxylation is 2. The van der Waals surface area contributed by atoms with E-state index in [1.54, 1.807) is 38.2 Å². The molecule has 20 fully saturated rings. The van der Waals surface area contributed by atoms with Gasteiger partial charge in [0.25, 0.3) is 0 Å². The minimum Gasteiger partial charge on any atom is -0.508 e. The molecule has 20 aliphatic heterocycles. The molecule has 30 rings (SSSR count). The predicted molar refractivity (Wildman–Crippen MR) is 517 cm³/mol. The molecule has 0 aliphatic carbocycles. The van der Waals surface area contributed by atoms with E-state index in [-0.39, 0.29) is 90.3 Å². The molecule has 0 radical (unpaired) electrons. The van der Waals surface area contributed by atoms with Crippen LogP contribution in [0.5, 0.6) is 11.5 Å². The van der Waals surface area contributed by atoms with Gasteiger partial charge in [-0.15, -0.1) is 0 Å². The Morgan fingerprint density at radius 3 is 1.25 bits per heavy atom. The summed E-state index contributed by atoms with van der Waals surface area (Å²) in [5.41, 5.74) is 9.53. The number of phenolic OH excluding ortho intramolecular Hbond substituents is 1. The zero-order valence-corrected chi connectivity index (χ0v) is 78.7. The average molecular weight is 1950 g/mol. The molecule has 24 heterocycles. The van der Waals surface area contributed by atoms with E-state index in [2.05, 4.69) is 153 Å². The number of isothiocyanates is 1. The Balaban J connectivity index is 0.000000135. The molecule has 10 aromatic rings. The Morgan fingerprint density at radius 1 is 0.519 bits per heavy atom. The number of alkyl halides is 9. The van der Waals surface area contributed by atoms with Crippen LogP contribution in [0.1, 0.15) is 181 Å². The third kappa shape index (κ3) is 19.6. The fourth-order valence-electron chi connectivity index (χ4n) is 23.2. The number of hydrogen-bond acceptors (Lipinski definition) is 23. The van der Waals surface area contributed by atoms with Crippen molar-refractivity contribution in [2.45, 2.75) is 215 Å². The molecule has 21 nitrogen and oxygen atoms in total. The number of aromatic hydroxyl groups is 1. The van der Waals surface area contributed by atoms with Crippen molar-refractivity contribution in [2.75, 3.05) is 68.7 Å². The number of aliphatic imine (C=N–C) groups is 1. The average Bonchev–Trinajstić information content (AvgIpc) is 0.726. The van der Waals surface area contributed by atoms with Gasteiger partial charge in [0.1, 0.15) is 11.5 Å². The first-order valence-corrected chi connectivity index (χ1v) is 47.9. The Morgan fingerprint density at radius 2 is 0.872 bits per heavy atom. The van der Waals surface area contributed by atoms with Crippen LogP contribution in [0.15, 0.2) is 163 Å². The molecule has 0 spiro atoms. The van der Waals surface area contributed by atoms with Gasteiger partial charge in [0.15, 0.2) is 5.11 Å². The fraction of sp³-hybridized carbons (Fsp3) is 0.474. The number of fused-ring (bicyclic) bond motifs is 12. The molecule has 20 atom stereocenters. The van der Waals surface area contributed by atoms with Crippen molar-refractivity contribution in [2.24, 2.45) is 28.7 Å². The topological polar surface area (TPSA) is 251 Å². The van der Waals surface area contributed by atoms with Crippen LogP contribution < -0.4 is 20.6 Å². The highest BCUT2D eigenvalue weighted by Crippen LogP contribution is 2.60. The van der Waals surface area contributed by atoms with E-state index in [9.17, 15) is 53.0 Å². The van der Waals surface area contributed by atoms with Gasteiger partial charge in [-0.25, -0.2) is 0 Å². The molecule has 16 unspecified atom stereocenters. The molecule has 133 heavy (non-hydrogen) atoms. The number of nitrogens with two attached hydrogens (primary N) is 1. The van der Waals surface area contributed by atoms with Crippen LogP contribution in [-0.4, -0.2) is 174 Å². The lowest BCUT2D eigenvalue weighted by Gasteiger charge is -2.64. The van der Waals surface area contributed by atoms with Gasteiger partial charge in [-0.3, -0.25) is 39.5 Å². The summed E-state index contributed by atoms with van der Waals surface area (Å²) < 4.78 is 169. The second-order valence-corrected chi connectivity index (χ2v) is 38.4. The van der Waals surface area contributed by atoms with Crippen molar-refractivity contribution in [3.63, 3.8) is 0 Å². The first kappa shape index (κ1) is 100. The number of pyridine rings is 4. The second kappa shape index (κ2) is 39.8. The number of aromatic nitrogens is 4. The summed E-state index contributed by atoms with van der Waals surface area (Å²) in [7, 11) is -5.75. The zero-order valence-electron chi connectivity index (χ0n) is 73.6. The van der Waals surface area contributed by atoms with Crippen LogP contribution in [0.4, 0.5) is 62.3 Å². The first-order chi connectivity index (χ1) is 62.6. The minimum atomic E-state index is -5.75. The van der Waals surface area contributed by atoms with Gasteiger partial charge in [0, 0.05) is 136 Å². The van der Waals surface area contributed by atoms with Crippen molar-refractivity contribution >= 4 is 154 Å². The van der Waals surface area contributed by atoms with E-state index in [0.717, 1.165) is 170 Å². The van der Waals surface area contributed by atoms with E-state index in [4.69, 9.17) is 42.3 Å². The maximum Gasteiger partial charge on any atom is 0.534 e. The Bertz CT molecular complexity index is 6000. The van der Waals surface area contributed by atoms with E-state index in [1.807, 2.05) is 66.2 Å². The third-order valence-corrected chi connectivity index (χ3v) is 30.7. The highest BCUT2D eigenvalue weighted by atomic mass is 32.8. The number of anilines is 3. The van der Waals surface area contributed by atoms with Crippen LogP contribution in [0, 0.1) is 42.9 Å². The second-order valence-electron chi connectivity index (χ2n) is 36.3. The number of morpholine rings is 4. The molecule has 6 N–H and O–H groups in total. The van der Waals surface area contributed by atoms with Crippen LogP contribution >= 0.6 is 37.9 Å². The fourth-order valence-corrected chi connectivity index (χ4v) is 24.0. The molecule has 20 saturated heterocycles. The molecule has 710 valence electrons. The van der Waals surface area contributed by atoms with Crippen molar-refractivity contribution in [3.05, 3.63) is 203 Å². The predicted octanol–water partition coefficient (Wildman–Crippen LogP) is 21.6. The number of hydrogen-bond donors (Lipinski definition) is 5. The number of piperidine rings is 12. The van der Waals surface area contributed by atoms with Gasteiger partial charge >= 0.3 is 28.0 Å². The Kier molecular flexibility index (Phi) is 30.0. The smallest absolute Gasteiger partial charge is 0.508 e. The Labute approximate surface area is 796 Å². The number of phenols is 1. The summed E-state index contributed by atoms with van der Waals surface area (Å²) >= 11 is 17.1. The lowest BCUT2D eigenvalue weighted by atomic mass is 9.66. The summed E-state index contributed by atoms with van der Waals surface area (Å²) in [4.78, 5) is 31.6. The van der Waals surface area contributed by atoms with Crippen LogP contribution in [0.2, 0.25) is 0 Å². The summed E-state index contributed by atoms with van der Waals surface area (Å²) in [6.07, 6.45) is 12.1. The SMILES string of the molecule is C.C=N.CCC12CN3CCC1CC3[C@H](c1ccnc3ccc(N)cc13)O2.CCC12CN3CCC1CC3[C@H](c1ccnc3ccc(NC(=S)Nc4cc(C)cc(C(F)(F)F)c4)cc13)O2.CCC12CN3CCC1CC3[C@H](c1ccnc3ccc(O)cc13)O2.CCC12CN3CCC1CC3[C@H](c1ccnc3ccc(OS(=O)(=O)C(F)(F)F)cc13)O2.Cc1cc(N=C=S)cc(C(F)(F)F)c1.S.S=S. The summed E-state index contributed by atoms with van der Waals surface area (Å²) in [6, 6.07) is 38.0. The summed E-state index contributed by atoms with van der Waals surface area (Å²) in [5, 5.41) is 27.4. The van der Waals surface area contributed by atoms with Crippen LogP contribution in [0.3, 0.4) is 0 Å². The van der Waals surface area contributed by atoms with Gasteiger partial charge in [0.2, 0.25) is 0 Å². The van der Waals surface area contributed by atoms with Crippen LogP contribution in [-0.2, 0) is 63.8 Å². The highest BCUT2D eigenvalue weighted by Gasteiger charge is 2.63. The minimum absolute atomic E-state index is 0. The molecular weight excluding hydrogens is 1840 g/mol. The molecule has 4 aromatic heterocycles. The molecule has 20 aliphatic rings. The maximum absolute atomic E-state index is 13.2. The zero-order chi connectivity index (χ0) is 93.2. The van der Waals surface area contributed by atoms with Gasteiger partial charge in [0.05, 0.1) is 90.9 Å². The number of ether oxygens (including phenoxy) is 4. The van der Waals surface area contributed by atoms with E-state index in [0.29, 0.717) is 63.7 Å². The molecule has 36 heteroatoms. The molecular formula is C97H110F9N13O8S6. The van der Waals surface area contributed by atoms with Crippen molar-refractivity contribution < 1.29 is 76.2 Å². The van der Waals surface area contributed by atoms with Crippen molar-refractivity contribution in [1.29, 1.82) is 5.41 Å². The number of thiocarbonyl (C=S) groups is 2. The van der Waals surface area contributed by atoms with E-state index < -0.39 is 44.9 Å². The summed E-state index contributed by atoms with van der Waals surface area (Å²) in [5.74, 6) is 2.47.